The second-order valence-electron chi connectivity index (χ2n) is 10.4. The first-order valence-electron chi connectivity index (χ1n) is 13.3. The highest BCUT2D eigenvalue weighted by Crippen LogP contribution is 2.41. The standard InChI is InChI=1S/C31H34N7/c1-23(27-10-6-3-7-11-27)35-31-33-16-14-30(36-31)38(32)22-34-28-19-25(12-13-29(28)38)18-26-15-17-37(21-26)20-24-8-4-2-5-9-24/h2-14,16,19,22-23,26H,15,17-18,20-21,32H2,1H3,(H,33,35,36)/q+1. The molecule has 3 heterocycles. The summed E-state index contributed by atoms with van der Waals surface area (Å²) >= 11 is 0. The van der Waals surface area contributed by atoms with Crippen molar-refractivity contribution >= 4 is 29.5 Å². The van der Waals surface area contributed by atoms with Crippen molar-refractivity contribution in [1.29, 1.82) is 0 Å². The summed E-state index contributed by atoms with van der Waals surface area (Å²) < 4.78 is -0.0686. The molecule has 0 bridgehead atoms. The number of quaternary nitrogens is 1. The lowest BCUT2D eigenvalue weighted by Crippen LogP contribution is -2.49. The maximum atomic E-state index is 6.87. The maximum Gasteiger partial charge on any atom is 0.263 e. The van der Waals surface area contributed by atoms with Gasteiger partial charge in [-0.1, -0.05) is 66.7 Å². The smallest absolute Gasteiger partial charge is 0.263 e. The van der Waals surface area contributed by atoms with Gasteiger partial charge in [0.1, 0.15) is 5.69 Å². The van der Waals surface area contributed by atoms with Crippen molar-refractivity contribution in [1.82, 2.24) is 19.5 Å². The van der Waals surface area contributed by atoms with Crippen molar-refractivity contribution in [2.75, 3.05) is 18.4 Å². The first kappa shape index (κ1) is 24.4. The Hall–Kier alpha value is -3.91. The number of hydrogen-bond donors (Lipinski definition) is 2. The molecule has 4 aromatic rings. The Bertz CT molecular complexity index is 1420. The first-order valence-corrected chi connectivity index (χ1v) is 13.3. The predicted octanol–water partition coefficient (Wildman–Crippen LogP) is 5.90. The highest BCUT2D eigenvalue weighted by Gasteiger charge is 2.38. The Kier molecular flexibility index (Phi) is 6.72. The number of rotatable bonds is 8. The van der Waals surface area contributed by atoms with Crippen LogP contribution in [0.4, 0.5) is 23.1 Å². The van der Waals surface area contributed by atoms with Crippen LogP contribution < -0.4 is 15.8 Å². The van der Waals surface area contributed by atoms with Crippen LogP contribution in [0.15, 0.2) is 96.1 Å². The van der Waals surface area contributed by atoms with Crippen molar-refractivity contribution in [3.05, 3.63) is 108 Å². The number of likely N-dealkylation sites (tertiary alicyclic amines) is 1. The summed E-state index contributed by atoms with van der Waals surface area (Å²) in [6.45, 7) is 5.40. The van der Waals surface area contributed by atoms with Gasteiger partial charge in [-0.25, -0.2) is 4.98 Å². The molecule has 2 aliphatic rings. The van der Waals surface area contributed by atoms with Crippen LogP contribution in [0.5, 0.6) is 0 Å². The molecule has 2 aliphatic heterocycles. The van der Waals surface area contributed by atoms with Gasteiger partial charge >= 0.3 is 0 Å². The van der Waals surface area contributed by atoms with Gasteiger partial charge in [-0.05, 0) is 55.0 Å². The first-order chi connectivity index (χ1) is 18.6. The number of fused-ring (bicyclic) bond motifs is 1. The van der Waals surface area contributed by atoms with Gasteiger partial charge in [0.05, 0.1) is 6.04 Å². The Balaban J connectivity index is 1.13. The van der Waals surface area contributed by atoms with Crippen LogP contribution >= 0.6 is 0 Å². The van der Waals surface area contributed by atoms with Gasteiger partial charge in [-0.2, -0.15) is 15.8 Å². The molecule has 38 heavy (non-hydrogen) atoms. The molecule has 3 unspecified atom stereocenters. The number of nitrogens with two attached hydrogens (primary N) is 1. The van der Waals surface area contributed by atoms with E-state index in [0.29, 0.717) is 17.7 Å². The molecule has 1 fully saturated rings. The van der Waals surface area contributed by atoms with E-state index in [9.17, 15) is 0 Å². The van der Waals surface area contributed by atoms with E-state index in [2.05, 4.69) is 82.8 Å². The lowest BCUT2D eigenvalue weighted by molar-refractivity contribution is 0.316. The Morgan fingerprint density at radius 1 is 1.00 bits per heavy atom. The molecular weight excluding hydrogens is 470 g/mol. The van der Waals surface area contributed by atoms with Gasteiger partial charge in [0.15, 0.2) is 5.69 Å². The Morgan fingerprint density at radius 2 is 1.79 bits per heavy atom. The van der Waals surface area contributed by atoms with Crippen molar-refractivity contribution in [3.8, 4) is 0 Å². The average Bonchev–Trinajstić information content (AvgIpc) is 3.54. The van der Waals surface area contributed by atoms with E-state index in [4.69, 9.17) is 15.8 Å². The molecule has 3 aromatic carbocycles. The van der Waals surface area contributed by atoms with Crippen LogP contribution in [-0.2, 0) is 13.0 Å². The predicted molar refractivity (Wildman–Crippen MR) is 154 cm³/mol. The van der Waals surface area contributed by atoms with Crippen molar-refractivity contribution in [3.63, 3.8) is 0 Å². The van der Waals surface area contributed by atoms with E-state index >= 15 is 0 Å². The van der Waals surface area contributed by atoms with Crippen molar-refractivity contribution in [2.45, 2.75) is 32.4 Å². The van der Waals surface area contributed by atoms with E-state index in [-0.39, 0.29) is 10.6 Å². The minimum Gasteiger partial charge on any atom is -0.348 e. The molecule has 7 heteroatoms. The lowest BCUT2D eigenvalue weighted by atomic mass is 9.98. The zero-order chi connectivity index (χ0) is 26.0. The molecule has 3 N–H and O–H groups in total. The summed E-state index contributed by atoms with van der Waals surface area (Å²) in [5.41, 5.74) is 5.70. The summed E-state index contributed by atoms with van der Waals surface area (Å²) in [5, 5.41) is 3.40. The SMILES string of the molecule is CC(Nc1nccc([N+]2(N)C=Nc3cc(CC4CCN(Cc5ccccc5)C4)ccc32)n1)c1ccccc1. The van der Waals surface area contributed by atoms with Gasteiger partial charge in [-0.3, -0.25) is 4.90 Å². The van der Waals surface area contributed by atoms with Crippen LogP contribution in [0.25, 0.3) is 0 Å². The number of aliphatic imine (C=N–C) groups is 1. The molecule has 1 aromatic heterocycles. The number of benzene rings is 3. The number of anilines is 1. The summed E-state index contributed by atoms with van der Waals surface area (Å²) in [4.78, 5) is 16.5. The zero-order valence-electron chi connectivity index (χ0n) is 21.7. The summed E-state index contributed by atoms with van der Waals surface area (Å²) in [5.74, 6) is 8.74. The quantitative estimate of drug-likeness (QED) is 0.231. The minimum atomic E-state index is -0.0686. The molecule has 1 saturated heterocycles. The molecule has 0 aliphatic carbocycles. The van der Waals surface area contributed by atoms with Crippen LogP contribution in [0.2, 0.25) is 0 Å². The molecule has 7 nitrogen and oxygen atoms in total. The fourth-order valence-corrected chi connectivity index (χ4v) is 5.55. The summed E-state index contributed by atoms with van der Waals surface area (Å²) in [6, 6.07) is 29.4. The molecule has 3 atom stereocenters. The monoisotopic (exact) mass is 504 g/mol. The second kappa shape index (κ2) is 10.5. The fourth-order valence-electron chi connectivity index (χ4n) is 5.55. The molecule has 0 radical (unpaired) electrons. The van der Waals surface area contributed by atoms with Gasteiger partial charge in [0, 0.05) is 31.4 Å². The van der Waals surface area contributed by atoms with Gasteiger partial charge in [0.2, 0.25) is 12.3 Å². The van der Waals surface area contributed by atoms with Gasteiger partial charge in [0.25, 0.3) is 5.82 Å². The third kappa shape index (κ3) is 5.09. The second-order valence-corrected chi connectivity index (χ2v) is 10.4. The number of aromatic nitrogens is 2. The normalized spacial score (nSPS) is 21.4. The third-order valence-corrected chi connectivity index (χ3v) is 7.63. The van der Waals surface area contributed by atoms with Crippen LogP contribution in [0.1, 0.15) is 36.1 Å². The molecular formula is C31H34N7+. The van der Waals surface area contributed by atoms with Crippen molar-refractivity contribution in [2.24, 2.45) is 16.8 Å². The maximum absolute atomic E-state index is 6.87. The van der Waals surface area contributed by atoms with E-state index in [0.717, 1.165) is 37.4 Å². The number of nitrogens with one attached hydrogen (secondary N) is 1. The Morgan fingerprint density at radius 3 is 2.61 bits per heavy atom. The molecule has 0 saturated carbocycles. The van der Waals surface area contributed by atoms with E-state index < -0.39 is 0 Å². The molecule has 0 spiro atoms. The third-order valence-electron chi connectivity index (χ3n) is 7.63. The lowest BCUT2D eigenvalue weighted by Gasteiger charge is -2.23. The van der Waals surface area contributed by atoms with E-state index in [1.165, 1.54) is 23.1 Å². The van der Waals surface area contributed by atoms with Crippen LogP contribution in [0, 0.1) is 5.92 Å². The Labute approximate surface area is 224 Å². The highest BCUT2D eigenvalue weighted by atomic mass is 15.6. The van der Waals surface area contributed by atoms with Crippen LogP contribution in [0.3, 0.4) is 0 Å². The fraction of sp³-hybridized carbons (Fsp3) is 0.258. The number of hydrogen-bond acceptors (Lipinski definition) is 6. The van der Waals surface area contributed by atoms with Gasteiger partial charge < -0.3 is 5.32 Å². The van der Waals surface area contributed by atoms with Crippen LogP contribution in [-0.4, -0.2) is 34.3 Å². The molecule has 0 amide bonds. The van der Waals surface area contributed by atoms with Gasteiger partial charge in [-0.15, -0.1) is 4.59 Å². The minimum absolute atomic E-state index is 0.0685. The van der Waals surface area contributed by atoms with E-state index in [1.54, 1.807) is 12.5 Å². The largest absolute Gasteiger partial charge is 0.348 e. The number of nitrogens with zero attached hydrogens (tertiary/aromatic N) is 5. The summed E-state index contributed by atoms with van der Waals surface area (Å²) in [6.07, 6.45) is 5.79. The summed E-state index contributed by atoms with van der Waals surface area (Å²) in [7, 11) is 0. The average molecular weight is 505 g/mol. The molecule has 6 rings (SSSR count). The zero-order valence-corrected chi connectivity index (χ0v) is 21.7. The highest BCUT2D eigenvalue weighted by molar-refractivity contribution is 5.93. The molecule has 192 valence electrons. The topological polar surface area (TPSA) is 79.4 Å². The van der Waals surface area contributed by atoms with Crippen molar-refractivity contribution < 1.29 is 0 Å². The van der Waals surface area contributed by atoms with E-state index in [1.807, 2.05) is 24.3 Å².